The van der Waals surface area contributed by atoms with Crippen molar-refractivity contribution in [3.63, 3.8) is 0 Å². The van der Waals surface area contributed by atoms with Gasteiger partial charge in [0.25, 0.3) is 0 Å². The molecule has 4 heteroatoms. The van der Waals surface area contributed by atoms with E-state index in [1.54, 1.807) is 0 Å². The third kappa shape index (κ3) is 3.81. The van der Waals surface area contributed by atoms with Crippen molar-refractivity contribution in [3.8, 4) is 0 Å². The number of hydrogen-bond acceptors (Lipinski definition) is 4. The number of rotatable bonds is 6. The van der Waals surface area contributed by atoms with E-state index in [9.17, 15) is 0 Å². The Morgan fingerprint density at radius 1 is 0.778 bits per heavy atom. The second-order valence-electron chi connectivity index (χ2n) is 4.76. The average molecular weight is 315 g/mol. The maximum atomic E-state index is 2.32. The van der Waals surface area contributed by atoms with E-state index < -0.39 is 0 Å². The number of benzene rings is 1. The van der Waals surface area contributed by atoms with Gasteiger partial charge in [0.2, 0.25) is 0 Å². The molecule has 2 aliphatic rings. The van der Waals surface area contributed by atoms with Crippen LogP contribution < -0.4 is 0 Å². The summed E-state index contributed by atoms with van der Waals surface area (Å²) in [6.45, 7) is 0. The van der Waals surface area contributed by atoms with Crippen molar-refractivity contribution in [3.05, 3.63) is 35.4 Å². The topological polar surface area (TPSA) is 0 Å². The molecule has 98 valence electrons. The van der Waals surface area contributed by atoms with Gasteiger partial charge in [0, 0.05) is 45.0 Å². The Morgan fingerprint density at radius 3 is 1.44 bits per heavy atom. The van der Waals surface area contributed by atoms with Crippen molar-refractivity contribution in [2.75, 3.05) is 23.0 Å². The molecule has 0 saturated carbocycles. The fourth-order valence-electron chi connectivity index (χ4n) is 1.78. The van der Waals surface area contributed by atoms with E-state index in [1.165, 1.54) is 45.6 Å². The molecule has 1 aromatic carbocycles. The normalized spacial score (nSPS) is 20.4. The summed E-state index contributed by atoms with van der Waals surface area (Å²) in [4.78, 5) is 0. The van der Waals surface area contributed by atoms with Crippen molar-refractivity contribution < 1.29 is 0 Å². The summed E-state index contributed by atoms with van der Waals surface area (Å²) in [5.74, 6) is 7.82. The van der Waals surface area contributed by atoms with Gasteiger partial charge in [0.1, 0.15) is 0 Å². The second kappa shape index (κ2) is 6.87. The molecule has 2 aliphatic heterocycles. The molecular weight excluding hydrogens is 296 g/mol. The molecular formula is C14H18S4. The van der Waals surface area contributed by atoms with E-state index >= 15 is 0 Å². The minimum atomic E-state index is 0.918. The van der Waals surface area contributed by atoms with Crippen LogP contribution in [0.1, 0.15) is 11.1 Å². The molecule has 0 aromatic heterocycles. The van der Waals surface area contributed by atoms with Crippen molar-refractivity contribution >= 4 is 47.0 Å². The summed E-state index contributed by atoms with van der Waals surface area (Å²) in [5.41, 5.74) is 2.98. The molecule has 0 radical (unpaired) electrons. The van der Waals surface area contributed by atoms with Crippen LogP contribution >= 0.6 is 47.0 Å². The SMILES string of the molecule is c1cc(CSC2CSC2)ccc1CSC1CSC1. The largest absolute Gasteiger partial charge is 0.160 e. The van der Waals surface area contributed by atoms with Crippen LogP contribution in [-0.2, 0) is 11.5 Å². The number of hydrogen-bond donors (Lipinski definition) is 0. The summed E-state index contributed by atoms with van der Waals surface area (Å²) in [6, 6.07) is 9.29. The van der Waals surface area contributed by atoms with Gasteiger partial charge in [-0.2, -0.15) is 47.0 Å². The van der Waals surface area contributed by atoms with Crippen molar-refractivity contribution in [1.29, 1.82) is 0 Å². The minimum Gasteiger partial charge on any atom is -0.160 e. The highest BCUT2D eigenvalue weighted by atomic mass is 32.2. The van der Waals surface area contributed by atoms with Crippen LogP contribution in [0.3, 0.4) is 0 Å². The fraction of sp³-hybridized carbons (Fsp3) is 0.571. The first kappa shape index (κ1) is 13.6. The van der Waals surface area contributed by atoms with Gasteiger partial charge in [-0.25, -0.2) is 0 Å². The van der Waals surface area contributed by atoms with E-state index in [4.69, 9.17) is 0 Å². The Kier molecular flexibility index (Phi) is 5.19. The fourth-order valence-corrected chi connectivity index (χ4v) is 6.57. The molecule has 0 unspecified atom stereocenters. The molecule has 1 aromatic rings. The lowest BCUT2D eigenvalue weighted by Crippen LogP contribution is -2.20. The van der Waals surface area contributed by atoms with Crippen LogP contribution in [0.5, 0.6) is 0 Å². The number of thioether (sulfide) groups is 4. The highest BCUT2D eigenvalue weighted by molar-refractivity contribution is 8.07. The summed E-state index contributed by atoms with van der Waals surface area (Å²) in [6.07, 6.45) is 0. The molecule has 0 aliphatic carbocycles. The zero-order valence-corrected chi connectivity index (χ0v) is 13.6. The monoisotopic (exact) mass is 314 g/mol. The van der Waals surface area contributed by atoms with Gasteiger partial charge < -0.3 is 0 Å². The van der Waals surface area contributed by atoms with Crippen LogP contribution in [-0.4, -0.2) is 33.5 Å². The Balaban J connectivity index is 1.42. The lowest BCUT2D eigenvalue weighted by atomic mass is 10.2. The summed E-state index contributed by atoms with van der Waals surface area (Å²) in [5, 5.41) is 1.84. The van der Waals surface area contributed by atoms with Gasteiger partial charge in [-0.05, 0) is 11.1 Å². The summed E-state index contributed by atoms with van der Waals surface area (Å²) >= 11 is 8.40. The van der Waals surface area contributed by atoms with Crippen LogP contribution in [0.15, 0.2) is 24.3 Å². The van der Waals surface area contributed by atoms with Gasteiger partial charge >= 0.3 is 0 Å². The lowest BCUT2D eigenvalue weighted by molar-refractivity contribution is 1.08. The molecule has 0 atom stereocenters. The van der Waals surface area contributed by atoms with E-state index in [0.29, 0.717) is 0 Å². The standard InChI is InChI=1S/C14H18S4/c1-2-12(6-18-14-9-16-10-14)4-3-11(1)5-17-13-7-15-8-13/h1-4,13-14H,5-10H2. The zero-order chi connectivity index (χ0) is 12.2. The Morgan fingerprint density at radius 2 is 1.17 bits per heavy atom. The Labute approximate surface area is 127 Å². The van der Waals surface area contributed by atoms with Crippen molar-refractivity contribution in [2.45, 2.75) is 22.0 Å². The molecule has 0 amide bonds. The van der Waals surface area contributed by atoms with Gasteiger partial charge in [-0.15, -0.1) is 0 Å². The highest BCUT2D eigenvalue weighted by Crippen LogP contribution is 2.33. The van der Waals surface area contributed by atoms with E-state index in [0.717, 1.165) is 10.5 Å². The van der Waals surface area contributed by atoms with Gasteiger partial charge in [0.05, 0.1) is 0 Å². The summed E-state index contributed by atoms with van der Waals surface area (Å²) in [7, 11) is 0. The van der Waals surface area contributed by atoms with Crippen LogP contribution in [0, 0.1) is 0 Å². The molecule has 0 nitrogen and oxygen atoms in total. The first-order valence-electron chi connectivity index (χ1n) is 6.36. The third-order valence-electron chi connectivity index (χ3n) is 3.21. The second-order valence-corrected chi connectivity index (χ2v) is 9.48. The van der Waals surface area contributed by atoms with Gasteiger partial charge in [-0.1, -0.05) is 24.3 Å². The minimum absolute atomic E-state index is 0.918. The molecule has 0 bridgehead atoms. The zero-order valence-electron chi connectivity index (χ0n) is 10.3. The summed E-state index contributed by atoms with van der Waals surface area (Å²) < 4.78 is 0. The Bertz CT molecular complexity index is 331. The first-order chi connectivity index (χ1) is 8.90. The first-order valence-corrected chi connectivity index (χ1v) is 10.8. The third-order valence-corrected chi connectivity index (χ3v) is 9.22. The van der Waals surface area contributed by atoms with Crippen LogP contribution in [0.4, 0.5) is 0 Å². The highest BCUT2D eigenvalue weighted by Gasteiger charge is 2.19. The Hall–Kier alpha value is 0.620. The smallest absolute Gasteiger partial charge is 0.0232 e. The predicted molar refractivity (Wildman–Crippen MR) is 91.3 cm³/mol. The molecule has 2 saturated heterocycles. The lowest BCUT2D eigenvalue weighted by Gasteiger charge is -2.24. The van der Waals surface area contributed by atoms with Crippen molar-refractivity contribution in [1.82, 2.24) is 0 Å². The molecule has 0 spiro atoms. The van der Waals surface area contributed by atoms with Crippen LogP contribution in [0.2, 0.25) is 0 Å². The molecule has 18 heavy (non-hydrogen) atoms. The molecule has 0 N–H and O–H groups in total. The molecule has 2 heterocycles. The molecule has 2 fully saturated rings. The van der Waals surface area contributed by atoms with E-state index in [-0.39, 0.29) is 0 Å². The van der Waals surface area contributed by atoms with E-state index in [1.807, 2.05) is 0 Å². The maximum absolute atomic E-state index is 2.32. The van der Waals surface area contributed by atoms with Gasteiger partial charge in [0.15, 0.2) is 0 Å². The predicted octanol–water partition coefficient (Wildman–Crippen LogP) is 4.38. The molecule has 3 rings (SSSR count). The van der Waals surface area contributed by atoms with E-state index in [2.05, 4.69) is 71.3 Å². The quantitative estimate of drug-likeness (QED) is 0.763. The maximum Gasteiger partial charge on any atom is 0.0232 e. The average Bonchev–Trinajstić information content (AvgIpc) is 2.27. The van der Waals surface area contributed by atoms with Crippen LogP contribution in [0.25, 0.3) is 0 Å². The van der Waals surface area contributed by atoms with Crippen molar-refractivity contribution in [2.24, 2.45) is 0 Å². The van der Waals surface area contributed by atoms with Gasteiger partial charge in [-0.3, -0.25) is 0 Å².